The Morgan fingerprint density at radius 3 is 2.30 bits per heavy atom. The molecule has 6 atom stereocenters. The lowest BCUT2D eigenvalue weighted by molar-refractivity contribution is -0.169. The number of Topliss-reactive ketones (excluding diaryl/α,β-unsaturated/α-hetero) is 2. The van der Waals surface area contributed by atoms with Gasteiger partial charge < -0.3 is 31.3 Å². The van der Waals surface area contributed by atoms with Crippen LogP contribution in [-0.2, 0) is 14.4 Å². The highest BCUT2D eigenvalue weighted by Crippen LogP contribution is 2.55. The minimum absolute atomic E-state index is 0. The van der Waals surface area contributed by atoms with Gasteiger partial charge in [-0.2, -0.15) is 0 Å². The van der Waals surface area contributed by atoms with E-state index in [1.807, 2.05) is 0 Å². The highest BCUT2D eigenvalue weighted by atomic mass is 35.5. The molecule has 178 valence electrons. The second-order valence-electron chi connectivity index (χ2n) is 8.79. The van der Waals surface area contributed by atoms with Crippen LogP contribution in [0.4, 0.5) is 0 Å². The summed E-state index contributed by atoms with van der Waals surface area (Å²) < 4.78 is 0. The fraction of sp³-hybridized carbons (Fsp3) is 0.409. The van der Waals surface area contributed by atoms with Crippen LogP contribution in [-0.4, -0.2) is 79.7 Å². The fourth-order valence-corrected chi connectivity index (χ4v) is 5.58. The number of halogens is 1. The molecule has 4 rings (SSSR count). The summed E-state index contributed by atoms with van der Waals surface area (Å²) >= 11 is 0. The zero-order valence-corrected chi connectivity index (χ0v) is 18.8. The van der Waals surface area contributed by atoms with E-state index in [1.165, 1.54) is 25.1 Å². The Balaban J connectivity index is 0.00000306. The molecule has 0 aromatic heterocycles. The Labute approximate surface area is 195 Å². The maximum atomic E-state index is 13.7. The van der Waals surface area contributed by atoms with Gasteiger partial charge in [0, 0.05) is 11.5 Å². The minimum Gasteiger partial charge on any atom is -0.508 e. The lowest BCUT2D eigenvalue weighted by Gasteiger charge is -2.53. The van der Waals surface area contributed by atoms with Crippen molar-refractivity contribution >= 4 is 35.6 Å². The van der Waals surface area contributed by atoms with Crippen molar-refractivity contribution in [2.45, 2.75) is 30.6 Å². The largest absolute Gasteiger partial charge is 0.508 e. The SMILES string of the molecule is C[C@@H]1c2cccc(O)c2C(O)=C2C(=O)[C@]3(O)C(O)=C(C(N)=O)C(=O)[C@H](N(C)C)[C@@H]3[C@H](O)[C@@H]21.Cl. The molecule has 0 aliphatic heterocycles. The highest BCUT2D eigenvalue weighted by molar-refractivity contribution is 6.24. The van der Waals surface area contributed by atoms with Gasteiger partial charge in [0.2, 0.25) is 5.78 Å². The number of hydrogen-bond donors (Lipinski definition) is 6. The lowest BCUT2D eigenvalue weighted by Crippen LogP contribution is -2.70. The molecular weight excluding hydrogens is 456 g/mol. The van der Waals surface area contributed by atoms with Gasteiger partial charge in [0.15, 0.2) is 11.4 Å². The van der Waals surface area contributed by atoms with Crippen molar-refractivity contribution in [3.63, 3.8) is 0 Å². The van der Waals surface area contributed by atoms with Crippen LogP contribution >= 0.6 is 12.4 Å². The number of aliphatic hydroxyl groups is 4. The molecule has 10 nitrogen and oxygen atoms in total. The molecule has 3 aliphatic carbocycles. The number of primary amides is 1. The fourth-order valence-electron chi connectivity index (χ4n) is 5.58. The quantitative estimate of drug-likeness (QED) is 0.315. The Hall–Kier alpha value is -2.92. The molecule has 11 heteroatoms. The lowest BCUT2D eigenvalue weighted by atomic mass is 9.54. The highest BCUT2D eigenvalue weighted by Gasteiger charge is 2.68. The Morgan fingerprint density at radius 2 is 1.76 bits per heavy atom. The van der Waals surface area contributed by atoms with E-state index in [4.69, 9.17) is 5.73 Å². The molecule has 33 heavy (non-hydrogen) atoms. The monoisotopic (exact) mass is 480 g/mol. The van der Waals surface area contributed by atoms with E-state index < -0.39 is 75.6 Å². The second-order valence-corrected chi connectivity index (χ2v) is 8.79. The number of carbonyl (C=O) groups excluding carboxylic acids is 3. The van der Waals surface area contributed by atoms with Gasteiger partial charge in [-0.05, 0) is 31.6 Å². The molecule has 0 bridgehead atoms. The van der Waals surface area contributed by atoms with E-state index in [0.29, 0.717) is 5.56 Å². The van der Waals surface area contributed by atoms with Gasteiger partial charge in [0.1, 0.15) is 22.8 Å². The first-order valence-corrected chi connectivity index (χ1v) is 10.0. The van der Waals surface area contributed by atoms with E-state index in [-0.39, 0.29) is 23.7 Å². The summed E-state index contributed by atoms with van der Waals surface area (Å²) in [6, 6.07) is 3.13. The van der Waals surface area contributed by atoms with Gasteiger partial charge in [-0.3, -0.25) is 19.3 Å². The summed E-state index contributed by atoms with van der Waals surface area (Å²) in [6.45, 7) is 1.68. The van der Waals surface area contributed by atoms with Crippen molar-refractivity contribution in [3.8, 4) is 5.75 Å². The number of benzene rings is 1. The van der Waals surface area contributed by atoms with Crippen molar-refractivity contribution < 1.29 is 39.9 Å². The number of fused-ring (bicyclic) bond motifs is 3. The number of aromatic hydroxyl groups is 1. The number of amides is 1. The Bertz CT molecular complexity index is 1140. The van der Waals surface area contributed by atoms with E-state index in [2.05, 4.69) is 0 Å². The summed E-state index contributed by atoms with van der Waals surface area (Å²) in [6.07, 6.45) is -1.59. The van der Waals surface area contributed by atoms with Crippen LogP contribution in [0, 0.1) is 11.8 Å². The number of hydrogen-bond acceptors (Lipinski definition) is 9. The van der Waals surface area contributed by atoms with Gasteiger partial charge >= 0.3 is 0 Å². The van der Waals surface area contributed by atoms with Crippen molar-refractivity contribution in [1.29, 1.82) is 0 Å². The van der Waals surface area contributed by atoms with E-state index in [0.717, 1.165) is 0 Å². The first-order chi connectivity index (χ1) is 14.9. The molecule has 1 amide bonds. The number of phenols is 1. The summed E-state index contributed by atoms with van der Waals surface area (Å²) in [5.41, 5.74) is 1.47. The van der Waals surface area contributed by atoms with Crippen LogP contribution in [0.3, 0.4) is 0 Å². The number of likely N-dealkylation sites (N-methyl/N-ethyl adjacent to an activating group) is 1. The van der Waals surface area contributed by atoms with Crippen LogP contribution in [0.1, 0.15) is 24.0 Å². The van der Waals surface area contributed by atoms with Gasteiger partial charge in [0.05, 0.1) is 23.6 Å². The van der Waals surface area contributed by atoms with Crippen molar-refractivity contribution in [1.82, 2.24) is 4.90 Å². The van der Waals surface area contributed by atoms with Crippen LogP contribution in [0.25, 0.3) is 5.76 Å². The maximum Gasteiger partial charge on any atom is 0.255 e. The van der Waals surface area contributed by atoms with E-state index >= 15 is 0 Å². The number of rotatable bonds is 2. The minimum atomic E-state index is -2.89. The predicted octanol–water partition coefficient (Wildman–Crippen LogP) is -0.0824. The van der Waals surface area contributed by atoms with Crippen LogP contribution in [0.5, 0.6) is 5.75 Å². The Morgan fingerprint density at radius 1 is 1.15 bits per heavy atom. The third-order valence-electron chi connectivity index (χ3n) is 6.99. The second kappa shape index (κ2) is 7.84. The predicted molar refractivity (Wildman–Crippen MR) is 118 cm³/mol. The first-order valence-electron chi connectivity index (χ1n) is 10.0. The summed E-state index contributed by atoms with van der Waals surface area (Å²) in [4.78, 5) is 40.0. The smallest absolute Gasteiger partial charge is 0.255 e. The number of ketones is 2. The average molecular weight is 481 g/mol. The van der Waals surface area contributed by atoms with Gasteiger partial charge in [-0.25, -0.2) is 0 Å². The van der Waals surface area contributed by atoms with Gasteiger partial charge in [-0.1, -0.05) is 19.1 Å². The standard InChI is InChI=1S/C22H24N2O8.ClH/c1-7-8-5-4-6-9(25)11(8)16(26)12-10(7)17(27)14-15(24(2)3)18(28)13(21(23)31)20(30)22(14,32)19(12)29;/h4-7,10,14-15,17,25-27,30,32H,1-3H3,(H2,23,31);1H/t7-,10-,14-,15-,17-,22+;/m1./s1. The van der Waals surface area contributed by atoms with Gasteiger partial charge in [-0.15, -0.1) is 12.4 Å². The molecule has 0 radical (unpaired) electrons. The van der Waals surface area contributed by atoms with Crippen molar-refractivity contribution in [2.75, 3.05) is 14.1 Å². The number of nitrogens with two attached hydrogens (primary N) is 1. The average Bonchev–Trinajstić information content (AvgIpc) is 2.70. The van der Waals surface area contributed by atoms with E-state index in [1.54, 1.807) is 19.1 Å². The summed E-state index contributed by atoms with van der Waals surface area (Å²) in [5, 5.41) is 54.9. The molecule has 3 aliphatic rings. The maximum absolute atomic E-state index is 13.7. The molecule has 1 saturated carbocycles. The molecule has 0 heterocycles. The molecule has 0 spiro atoms. The molecule has 7 N–H and O–H groups in total. The normalized spacial score (nSPS) is 33.3. The van der Waals surface area contributed by atoms with E-state index in [9.17, 15) is 39.9 Å². The summed E-state index contributed by atoms with van der Waals surface area (Å²) in [7, 11) is 2.92. The number of phenolic OH excluding ortho intramolecular Hbond substituents is 1. The topological polar surface area (TPSA) is 182 Å². The van der Waals surface area contributed by atoms with Crippen LogP contribution in [0.2, 0.25) is 0 Å². The number of carbonyl (C=O) groups is 3. The number of aliphatic hydroxyl groups excluding tert-OH is 3. The van der Waals surface area contributed by atoms with Crippen LogP contribution in [0.15, 0.2) is 35.1 Å². The molecule has 0 unspecified atom stereocenters. The van der Waals surface area contributed by atoms with Gasteiger partial charge in [0.25, 0.3) is 5.91 Å². The van der Waals surface area contributed by atoms with Crippen LogP contribution < -0.4 is 5.73 Å². The molecule has 1 aromatic carbocycles. The first kappa shape index (κ1) is 24.7. The zero-order valence-electron chi connectivity index (χ0n) is 18.0. The Kier molecular flexibility index (Phi) is 5.87. The molecule has 0 saturated heterocycles. The van der Waals surface area contributed by atoms with Crippen molar-refractivity contribution in [2.24, 2.45) is 17.6 Å². The third-order valence-corrected chi connectivity index (χ3v) is 6.99. The zero-order chi connectivity index (χ0) is 23.9. The molecular formula is C22H25ClN2O8. The summed E-state index contributed by atoms with van der Waals surface area (Å²) in [5.74, 6) is -8.87. The molecule has 1 aromatic rings. The third kappa shape index (κ3) is 2.95. The van der Waals surface area contributed by atoms with Crippen molar-refractivity contribution in [3.05, 3.63) is 46.2 Å². The number of nitrogens with zero attached hydrogens (tertiary/aromatic N) is 1. The molecule has 1 fully saturated rings.